The van der Waals surface area contributed by atoms with Crippen LogP contribution < -0.4 is 4.90 Å². The van der Waals surface area contributed by atoms with Gasteiger partial charge in [-0.25, -0.2) is 13.4 Å². The van der Waals surface area contributed by atoms with Crippen molar-refractivity contribution < 1.29 is 13.2 Å². The summed E-state index contributed by atoms with van der Waals surface area (Å²) < 4.78 is 28.9. The molecule has 1 fully saturated rings. The first-order valence-corrected chi connectivity index (χ1v) is 14.9. The number of nitrogens with zero attached hydrogens (tertiary/aromatic N) is 4. The molecule has 0 bridgehead atoms. The lowest BCUT2D eigenvalue weighted by Crippen LogP contribution is -2.41. The minimum Gasteiger partial charge on any atom is -0.309 e. The Morgan fingerprint density at radius 3 is 2.51 bits per heavy atom. The van der Waals surface area contributed by atoms with E-state index in [1.165, 1.54) is 11.3 Å². The fraction of sp³-hybridized carbons (Fsp3) is 0.462. The maximum Gasteiger partial charge on any atom is 0.260 e. The van der Waals surface area contributed by atoms with Crippen LogP contribution in [0.1, 0.15) is 48.5 Å². The first kappa shape index (κ1) is 29.8. The Hall–Kier alpha value is -1.75. The van der Waals surface area contributed by atoms with Gasteiger partial charge in [-0.3, -0.25) is 9.69 Å². The third-order valence-corrected chi connectivity index (χ3v) is 9.82. The van der Waals surface area contributed by atoms with Gasteiger partial charge >= 0.3 is 0 Å². The van der Waals surface area contributed by atoms with E-state index < -0.39 is 10.0 Å². The number of carbonyl (C=O) groups is 1. The van der Waals surface area contributed by atoms with E-state index in [4.69, 9.17) is 16.6 Å². The summed E-state index contributed by atoms with van der Waals surface area (Å²) in [6, 6.07) is 10.0. The Bertz CT molecular complexity index is 1340. The van der Waals surface area contributed by atoms with Crippen molar-refractivity contribution in [2.45, 2.75) is 50.5 Å². The molecule has 0 aliphatic carbocycles. The molecule has 2 heterocycles. The van der Waals surface area contributed by atoms with E-state index in [1.54, 1.807) is 33.5 Å². The fourth-order valence-electron chi connectivity index (χ4n) is 4.58. The van der Waals surface area contributed by atoms with Gasteiger partial charge < -0.3 is 4.90 Å². The molecule has 1 aromatic heterocycles. The molecule has 11 heteroatoms. The van der Waals surface area contributed by atoms with Crippen LogP contribution in [0, 0.1) is 6.92 Å². The molecule has 1 aliphatic rings. The van der Waals surface area contributed by atoms with Crippen molar-refractivity contribution in [3.63, 3.8) is 0 Å². The van der Waals surface area contributed by atoms with Gasteiger partial charge in [-0.1, -0.05) is 29.4 Å². The van der Waals surface area contributed by atoms with Crippen LogP contribution in [-0.4, -0.2) is 68.3 Å². The number of carbonyl (C=O) groups excluding carboxylic acids is 1. The molecule has 0 spiro atoms. The van der Waals surface area contributed by atoms with Crippen LogP contribution in [0.3, 0.4) is 0 Å². The van der Waals surface area contributed by atoms with Gasteiger partial charge in [0.15, 0.2) is 5.13 Å². The van der Waals surface area contributed by atoms with Gasteiger partial charge in [-0.2, -0.15) is 4.31 Å². The number of halogens is 2. The highest BCUT2D eigenvalue weighted by atomic mass is 35.5. The zero-order valence-corrected chi connectivity index (χ0v) is 24.8. The quantitative estimate of drug-likeness (QED) is 0.332. The van der Waals surface area contributed by atoms with E-state index in [-0.39, 0.29) is 29.3 Å². The summed E-state index contributed by atoms with van der Waals surface area (Å²) in [5, 5.41) is 1.25. The number of aryl methyl sites for hydroxylation is 1. The number of rotatable bonds is 8. The standard InChI is InChI=1S/C26H33ClN4O3S2.ClH/c1-18-16-21(27)17-23-24(18)28-26(35-23)30(14-7-13-29(3)4)25(32)20-9-11-22(12-10-20)36(33,34)31-15-6-5-8-19(31)2;/h9-12,16-17,19H,5-8,13-15H2,1-4H3;1H. The van der Waals surface area contributed by atoms with Crippen LogP contribution in [0.5, 0.6) is 0 Å². The van der Waals surface area contributed by atoms with E-state index in [0.717, 1.165) is 48.0 Å². The third-order valence-electron chi connectivity index (χ3n) is 6.55. The number of thiazole rings is 1. The van der Waals surface area contributed by atoms with E-state index in [2.05, 4.69) is 4.90 Å². The highest BCUT2D eigenvalue weighted by Crippen LogP contribution is 2.34. The van der Waals surface area contributed by atoms with E-state index in [1.807, 2.05) is 40.1 Å². The Balaban J connectivity index is 0.00000380. The number of piperidine rings is 1. The summed E-state index contributed by atoms with van der Waals surface area (Å²) in [7, 11) is 0.399. The summed E-state index contributed by atoms with van der Waals surface area (Å²) in [6.45, 7) is 5.76. The molecule has 1 unspecified atom stereocenters. The molecule has 1 amide bonds. The van der Waals surface area contributed by atoms with Crippen molar-refractivity contribution >= 4 is 66.6 Å². The Morgan fingerprint density at radius 2 is 1.86 bits per heavy atom. The SMILES string of the molecule is Cc1cc(Cl)cc2sc(N(CCCN(C)C)C(=O)c3ccc(S(=O)(=O)N4CCCCC4C)cc3)nc12.Cl. The predicted octanol–water partition coefficient (Wildman–Crippen LogP) is 5.84. The molecule has 7 nitrogen and oxygen atoms in total. The number of hydrogen-bond donors (Lipinski definition) is 0. The minimum atomic E-state index is -3.60. The topological polar surface area (TPSA) is 73.8 Å². The van der Waals surface area contributed by atoms with Gasteiger partial charge in [0, 0.05) is 29.7 Å². The number of anilines is 1. The van der Waals surface area contributed by atoms with Crippen molar-refractivity contribution in [1.29, 1.82) is 0 Å². The third kappa shape index (κ3) is 6.64. The highest BCUT2D eigenvalue weighted by molar-refractivity contribution is 7.89. The zero-order chi connectivity index (χ0) is 26.0. The maximum absolute atomic E-state index is 13.7. The molecular weight excluding hydrogens is 551 g/mol. The molecule has 0 radical (unpaired) electrons. The monoisotopic (exact) mass is 584 g/mol. The number of amides is 1. The second kappa shape index (κ2) is 12.4. The van der Waals surface area contributed by atoms with Crippen LogP contribution in [0.4, 0.5) is 5.13 Å². The molecule has 1 saturated heterocycles. The number of sulfonamides is 1. The molecule has 4 rings (SSSR count). The lowest BCUT2D eigenvalue weighted by molar-refractivity contribution is 0.0986. The Kier molecular flexibility index (Phi) is 9.99. The van der Waals surface area contributed by atoms with Gasteiger partial charge in [0.05, 0.1) is 15.1 Å². The molecular formula is C26H34Cl2N4O3S2. The van der Waals surface area contributed by atoms with Crippen molar-refractivity contribution in [1.82, 2.24) is 14.2 Å². The maximum atomic E-state index is 13.7. The summed E-state index contributed by atoms with van der Waals surface area (Å²) in [5.74, 6) is -0.202. The molecule has 2 aromatic carbocycles. The summed E-state index contributed by atoms with van der Waals surface area (Å²) in [6.07, 6.45) is 3.55. The van der Waals surface area contributed by atoms with Crippen molar-refractivity contribution in [2.75, 3.05) is 38.6 Å². The summed E-state index contributed by atoms with van der Waals surface area (Å²) in [5.41, 5.74) is 2.23. The molecule has 1 atom stereocenters. The van der Waals surface area contributed by atoms with Crippen LogP contribution in [0.25, 0.3) is 10.2 Å². The highest BCUT2D eigenvalue weighted by Gasteiger charge is 2.31. The predicted molar refractivity (Wildman–Crippen MR) is 155 cm³/mol. The van der Waals surface area contributed by atoms with Crippen molar-refractivity contribution in [3.8, 4) is 0 Å². The van der Waals surface area contributed by atoms with Gasteiger partial charge in [-0.05, 0) is 95.7 Å². The van der Waals surface area contributed by atoms with Crippen LogP contribution >= 0.6 is 35.3 Å². The number of fused-ring (bicyclic) bond motifs is 1. The Labute approximate surface area is 234 Å². The van der Waals surface area contributed by atoms with Gasteiger partial charge in [0.25, 0.3) is 5.91 Å². The zero-order valence-electron chi connectivity index (χ0n) is 21.6. The second-order valence-corrected chi connectivity index (χ2v) is 13.0. The minimum absolute atomic E-state index is 0. The van der Waals surface area contributed by atoms with Crippen LogP contribution in [0.15, 0.2) is 41.3 Å². The normalized spacial score (nSPS) is 16.6. The van der Waals surface area contributed by atoms with Gasteiger partial charge in [0.2, 0.25) is 10.0 Å². The Morgan fingerprint density at radius 1 is 1.16 bits per heavy atom. The lowest BCUT2D eigenvalue weighted by Gasteiger charge is -2.32. The fourth-order valence-corrected chi connectivity index (χ4v) is 7.72. The van der Waals surface area contributed by atoms with Crippen molar-refractivity contribution in [2.24, 2.45) is 0 Å². The number of aromatic nitrogens is 1. The van der Waals surface area contributed by atoms with E-state index in [9.17, 15) is 13.2 Å². The van der Waals surface area contributed by atoms with Gasteiger partial charge in [0.1, 0.15) is 0 Å². The second-order valence-electron chi connectivity index (χ2n) is 9.66. The van der Waals surface area contributed by atoms with E-state index in [0.29, 0.717) is 28.8 Å². The number of benzene rings is 2. The lowest BCUT2D eigenvalue weighted by atomic mass is 10.1. The first-order valence-electron chi connectivity index (χ1n) is 12.2. The van der Waals surface area contributed by atoms with Crippen LogP contribution in [-0.2, 0) is 10.0 Å². The summed E-state index contributed by atoms with van der Waals surface area (Å²) >= 11 is 7.68. The molecule has 202 valence electrons. The van der Waals surface area contributed by atoms with Crippen molar-refractivity contribution in [3.05, 3.63) is 52.5 Å². The average molecular weight is 586 g/mol. The first-order chi connectivity index (χ1) is 17.1. The molecule has 1 aliphatic heterocycles. The largest absolute Gasteiger partial charge is 0.309 e. The smallest absolute Gasteiger partial charge is 0.260 e. The van der Waals surface area contributed by atoms with Gasteiger partial charge in [-0.15, -0.1) is 12.4 Å². The average Bonchev–Trinajstić information content (AvgIpc) is 3.25. The molecule has 3 aromatic rings. The van der Waals surface area contributed by atoms with E-state index >= 15 is 0 Å². The molecule has 0 N–H and O–H groups in total. The number of hydrogen-bond acceptors (Lipinski definition) is 6. The molecule has 37 heavy (non-hydrogen) atoms. The summed E-state index contributed by atoms with van der Waals surface area (Å²) in [4.78, 5) is 22.4. The van der Waals surface area contributed by atoms with Crippen LogP contribution in [0.2, 0.25) is 5.02 Å². The molecule has 0 saturated carbocycles.